The van der Waals surface area contributed by atoms with Gasteiger partial charge in [0.05, 0.1) is 25.3 Å². The van der Waals surface area contributed by atoms with E-state index in [0.29, 0.717) is 31.5 Å². The van der Waals surface area contributed by atoms with Crippen LogP contribution in [-0.4, -0.2) is 41.4 Å². The van der Waals surface area contributed by atoms with E-state index in [4.69, 9.17) is 14.0 Å². The summed E-state index contributed by atoms with van der Waals surface area (Å²) >= 11 is 0. The van der Waals surface area contributed by atoms with Crippen molar-refractivity contribution in [1.82, 2.24) is 15.0 Å². The zero-order valence-corrected chi connectivity index (χ0v) is 12.9. The van der Waals surface area contributed by atoms with Gasteiger partial charge in [-0.05, 0) is 12.5 Å². The Hall–Kier alpha value is -1.76. The predicted molar refractivity (Wildman–Crippen MR) is 80.0 cm³/mol. The number of ether oxygens (including phenoxy) is 2. The fourth-order valence-electron chi connectivity index (χ4n) is 2.74. The summed E-state index contributed by atoms with van der Waals surface area (Å²) in [6.45, 7) is 4.57. The van der Waals surface area contributed by atoms with Crippen LogP contribution >= 0.6 is 0 Å². The van der Waals surface area contributed by atoms with Crippen LogP contribution in [0.2, 0.25) is 0 Å². The van der Waals surface area contributed by atoms with Crippen molar-refractivity contribution in [2.45, 2.75) is 32.2 Å². The van der Waals surface area contributed by atoms with Gasteiger partial charge in [0.2, 0.25) is 5.89 Å². The van der Waals surface area contributed by atoms with Gasteiger partial charge in [-0.3, -0.25) is 4.90 Å². The molecule has 0 aliphatic carbocycles. The Balaban J connectivity index is 1.75. The molecule has 2 atom stereocenters. The minimum absolute atomic E-state index is 0.196. The number of hydrogen-bond acceptors (Lipinski definition) is 6. The molecule has 0 saturated carbocycles. The van der Waals surface area contributed by atoms with Gasteiger partial charge in [-0.2, -0.15) is 4.98 Å². The first-order valence-electron chi connectivity index (χ1n) is 7.47. The molecule has 0 N–H and O–H groups in total. The molecule has 0 spiro atoms. The Morgan fingerprint density at radius 1 is 1.32 bits per heavy atom. The van der Waals surface area contributed by atoms with Gasteiger partial charge in [0.15, 0.2) is 5.82 Å². The molecule has 0 unspecified atom stereocenters. The Morgan fingerprint density at radius 2 is 2.14 bits per heavy atom. The second kappa shape index (κ2) is 7.00. The summed E-state index contributed by atoms with van der Waals surface area (Å²) in [4.78, 5) is 6.69. The summed E-state index contributed by atoms with van der Waals surface area (Å²) in [5, 5.41) is 3.92. The highest BCUT2D eigenvalue weighted by Crippen LogP contribution is 2.27. The predicted octanol–water partition coefficient (Wildman–Crippen LogP) is 2.18. The molecule has 1 aromatic heterocycles. The lowest BCUT2D eigenvalue weighted by Crippen LogP contribution is -2.43. The largest absolute Gasteiger partial charge is 0.377 e. The van der Waals surface area contributed by atoms with Gasteiger partial charge in [0.1, 0.15) is 6.61 Å². The molecule has 2 aromatic rings. The van der Waals surface area contributed by atoms with E-state index < -0.39 is 0 Å². The third kappa shape index (κ3) is 3.52. The van der Waals surface area contributed by atoms with E-state index in [1.54, 1.807) is 7.11 Å². The number of methoxy groups -OCH3 is 1. The van der Waals surface area contributed by atoms with E-state index in [1.165, 1.54) is 5.56 Å². The van der Waals surface area contributed by atoms with Crippen LogP contribution in [-0.2, 0) is 22.6 Å². The van der Waals surface area contributed by atoms with Crippen molar-refractivity contribution >= 4 is 0 Å². The first kappa shape index (κ1) is 15.1. The molecular weight excluding hydrogens is 282 g/mol. The minimum atomic E-state index is 0.196. The number of nitrogens with zero attached hydrogens (tertiary/aromatic N) is 3. The second-order valence-electron chi connectivity index (χ2n) is 5.54. The summed E-state index contributed by atoms with van der Waals surface area (Å²) in [6, 6.07) is 10.6. The van der Waals surface area contributed by atoms with Crippen LogP contribution in [0.1, 0.15) is 30.2 Å². The summed E-state index contributed by atoms with van der Waals surface area (Å²) < 4.78 is 16.2. The molecule has 3 rings (SSSR count). The summed E-state index contributed by atoms with van der Waals surface area (Å²) in [7, 11) is 1.62. The maximum atomic E-state index is 5.83. The van der Waals surface area contributed by atoms with E-state index in [1.807, 2.05) is 6.07 Å². The second-order valence-corrected chi connectivity index (χ2v) is 5.54. The highest BCUT2D eigenvalue weighted by Gasteiger charge is 2.29. The lowest BCUT2D eigenvalue weighted by Gasteiger charge is -2.38. The van der Waals surface area contributed by atoms with Crippen molar-refractivity contribution in [3.63, 3.8) is 0 Å². The van der Waals surface area contributed by atoms with Crippen LogP contribution in [0.15, 0.2) is 34.9 Å². The smallest absolute Gasteiger partial charge is 0.240 e. The molecule has 2 heterocycles. The van der Waals surface area contributed by atoms with Crippen LogP contribution in [0.5, 0.6) is 0 Å². The van der Waals surface area contributed by atoms with Gasteiger partial charge in [0, 0.05) is 13.7 Å². The third-order valence-corrected chi connectivity index (χ3v) is 3.78. The number of aromatic nitrogens is 2. The van der Waals surface area contributed by atoms with Crippen LogP contribution in [0.3, 0.4) is 0 Å². The summed E-state index contributed by atoms with van der Waals surface area (Å²) in [5.74, 6) is 1.19. The molecule has 6 nitrogen and oxygen atoms in total. The zero-order valence-electron chi connectivity index (χ0n) is 12.9. The van der Waals surface area contributed by atoms with E-state index in [-0.39, 0.29) is 12.1 Å². The normalized spacial score (nSPS) is 22.8. The number of hydrogen-bond donors (Lipinski definition) is 0. The highest BCUT2D eigenvalue weighted by atomic mass is 16.5. The van der Waals surface area contributed by atoms with Crippen LogP contribution in [0, 0.1) is 0 Å². The lowest BCUT2D eigenvalue weighted by atomic mass is 10.0. The number of rotatable bonds is 5. The van der Waals surface area contributed by atoms with Crippen molar-refractivity contribution in [2.24, 2.45) is 0 Å². The molecule has 1 fully saturated rings. The highest BCUT2D eigenvalue weighted by molar-refractivity contribution is 5.19. The first-order chi connectivity index (χ1) is 10.8. The Kier molecular flexibility index (Phi) is 4.82. The van der Waals surface area contributed by atoms with Gasteiger partial charge in [-0.25, -0.2) is 0 Å². The molecule has 1 aromatic carbocycles. The van der Waals surface area contributed by atoms with Crippen LogP contribution < -0.4 is 0 Å². The quantitative estimate of drug-likeness (QED) is 0.843. The molecule has 0 bridgehead atoms. The Bertz CT molecular complexity index is 587. The van der Waals surface area contributed by atoms with Gasteiger partial charge < -0.3 is 14.0 Å². The molecular formula is C16H21N3O3. The van der Waals surface area contributed by atoms with Gasteiger partial charge in [-0.15, -0.1) is 0 Å². The van der Waals surface area contributed by atoms with E-state index in [0.717, 1.165) is 6.54 Å². The van der Waals surface area contributed by atoms with Gasteiger partial charge in [-0.1, -0.05) is 35.5 Å². The maximum absolute atomic E-state index is 5.83. The Labute approximate surface area is 130 Å². The molecule has 0 radical (unpaired) electrons. The van der Waals surface area contributed by atoms with Gasteiger partial charge >= 0.3 is 0 Å². The molecule has 0 amide bonds. The third-order valence-electron chi connectivity index (χ3n) is 3.78. The standard InChI is InChI=1S/C16H21N3O3/c1-12-8-19(9-16-17-15(11-20-2)18-22-16)14(10-21-12)13-6-4-3-5-7-13/h3-7,12,14H,8-11H2,1-2H3/t12-,14+/m1/s1. The molecule has 22 heavy (non-hydrogen) atoms. The van der Waals surface area contributed by atoms with Crippen LogP contribution in [0.4, 0.5) is 0 Å². The monoisotopic (exact) mass is 303 g/mol. The van der Waals surface area contributed by atoms with Crippen molar-refractivity contribution in [3.8, 4) is 0 Å². The van der Waals surface area contributed by atoms with Crippen molar-refractivity contribution in [2.75, 3.05) is 20.3 Å². The maximum Gasteiger partial charge on any atom is 0.240 e. The van der Waals surface area contributed by atoms with E-state index in [2.05, 4.69) is 46.2 Å². The van der Waals surface area contributed by atoms with Crippen molar-refractivity contribution < 1.29 is 14.0 Å². The van der Waals surface area contributed by atoms with E-state index in [9.17, 15) is 0 Å². The molecule has 1 saturated heterocycles. The Morgan fingerprint density at radius 3 is 2.91 bits per heavy atom. The molecule has 118 valence electrons. The molecule has 6 heteroatoms. The van der Waals surface area contributed by atoms with Crippen molar-refractivity contribution in [1.29, 1.82) is 0 Å². The topological polar surface area (TPSA) is 60.6 Å². The number of benzene rings is 1. The fourth-order valence-corrected chi connectivity index (χ4v) is 2.74. The zero-order chi connectivity index (χ0) is 15.4. The minimum Gasteiger partial charge on any atom is -0.377 e. The number of morpholine rings is 1. The lowest BCUT2D eigenvalue weighted by molar-refractivity contribution is -0.0626. The van der Waals surface area contributed by atoms with Crippen LogP contribution in [0.25, 0.3) is 0 Å². The summed E-state index contributed by atoms with van der Waals surface area (Å²) in [5.41, 5.74) is 1.24. The summed E-state index contributed by atoms with van der Waals surface area (Å²) in [6.07, 6.45) is 0.196. The molecule has 1 aliphatic rings. The average molecular weight is 303 g/mol. The SMILES string of the molecule is COCc1noc(CN2C[C@@H](C)OC[C@H]2c2ccccc2)n1. The van der Waals surface area contributed by atoms with Gasteiger partial charge in [0.25, 0.3) is 0 Å². The average Bonchev–Trinajstić information content (AvgIpc) is 2.96. The van der Waals surface area contributed by atoms with Crippen molar-refractivity contribution in [3.05, 3.63) is 47.6 Å². The molecule has 1 aliphatic heterocycles. The van der Waals surface area contributed by atoms with E-state index >= 15 is 0 Å². The fraction of sp³-hybridized carbons (Fsp3) is 0.500. The first-order valence-corrected chi connectivity index (χ1v) is 7.47.